The number of para-hydroxylation sites is 1. The average Bonchev–Trinajstić information content (AvgIpc) is 2.70. The Bertz CT molecular complexity index is 800. The predicted octanol–water partition coefficient (Wildman–Crippen LogP) is 4.69. The second-order valence-corrected chi connectivity index (χ2v) is 6.10. The lowest BCUT2D eigenvalue weighted by Gasteiger charge is -2.09. The molecule has 5 heteroatoms. The van der Waals surface area contributed by atoms with Crippen LogP contribution in [0.15, 0.2) is 54.9 Å². The molecule has 0 aliphatic carbocycles. The maximum absolute atomic E-state index is 5.74. The Morgan fingerprint density at radius 3 is 2.46 bits per heavy atom. The van der Waals surface area contributed by atoms with Crippen molar-refractivity contribution < 1.29 is 9.47 Å². The number of fused-ring (bicyclic) bond motifs is 1. The van der Waals surface area contributed by atoms with Gasteiger partial charge in [-0.1, -0.05) is 25.0 Å². The molecule has 1 N–H and O–H groups in total. The fourth-order valence-corrected chi connectivity index (χ4v) is 2.80. The van der Waals surface area contributed by atoms with Gasteiger partial charge in [0.25, 0.3) is 0 Å². The maximum Gasteiger partial charge on any atom is 0.137 e. The molecule has 0 spiro atoms. The molecule has 26 heavy (non-hydrogen) atoms. The van der Waals surface area contributed by atoms with Crippen LogP contribution in [0.3, 0.4) is 0 Å². The van der Waals surface area contributed by atoms with E-state index in [9.17, 15) is 0 Å². The van der Waals surface area contributed by atoms with Gasteiger partial charge in [0.1, 0.15) is 23.6 Å². The van der Waals surface area contributed by atoms with Gasteiger partial charge in [-0.15, -0.1) is 0 Å². The fraction of sp³-hybridized carbons (Fsp3) is 0.333. The van der Waals surface area contributed by atoms with Crippen LogP contribution in [0.2, 0.25) is 0 Å². The lowest BCUT2D eigenvalue weighted by molar-refractivity contribution is 0.304. The molecule has 0 unspecified atom stereocenters. The average molecular weight is 351 g/mol. The number of anilines is 1. The standard InChI is InChI=1S/C21H25N3O2/c1-25-17-10-12-18(13-11-17)26-15-7-3-2-6-14-22-21-19-8-4-5-9-20(19)23-16-24-21/h4-5,8-13,16H,2-3,6-7,14-15H2,1H3,(H,22,23,24). The van der Waals surface area contributed by atoms with E-state index in [0.29, 0.717) is 0 Å². The van der Waals surface area contributed by atoms with Gasteiger partial charge < -0.3 is 14.8 Å². The number of methoxy groups -OCH3 is 1. The van der Waals surface area contributed by atoms with Gasteiger partial charge in [-0.25, -0.2) is 9.97 Å². The van der Waals surface area contributed by atoms with Crippen molar-refractivity contribution in [1.29, 1.82) is 0 Å². The molecule has 0 amide bonds. The molecule has 2 aromatic carbocycles. The highest BCUT2D eigenvalue weighted by atomic mass is 16.5. The van der Waals surface area contributed by atoms with Crippen molar-refractivity contribution in [2.45, 2.75) is 25.7 Å². The molecule has 3 aromatic rings. The van der Waals surface area contributed by atoms with Crippen LogP contribution in [-0.2, 0) is 0 Å². The number of hydrogen-bond donors (Lipinski definition) is 1. The summed E-state index contributed by atoms with van der Waals surface area (Å²) < 4.78 is 10.9. The van der Waals surface area contributed by atoms with Crippen molar-refractivity contribution in [3.8, 4) is 11.5 Å². The number of ether oxygens (including phenoxy) is 2. The maximum atomic E-state index is 5.74. The van der Waals surface area contributed by atoms with E-state index in [-0.39, 0.29) is 0 Å². The Balaban J connectivity index is 1.29. The van der Waals surface area contributed by atoms with E-state index >= 15 is 0 Å². The molecule has 136 valence electrons. The molecule has 0 radical (unpaired) electrons. The minimum Gasteiger partial charge on any atom is -0.497 e. The number of nitrogens with zero attached hydrogens (tertiary/aromatic N) is 2. The highest BCUT2D eigenvalue weighted by Crippen LogP contribution is 2.19. The minimum absolute atomic E-state index is 0.746. The van der Waals surface area contributed by atoms with Gasteiger partial charge in [-0.2, -0.15) is 0 Å². The first-order valence-electron chi connectivity index (χ1n) is 9.07. The molecule has 0 fully saturated rings. The number of unbranched alkanes of at least 4 members (excludes halogenated alkanes) is 3. The molecular weight excluding hydrogens is 326 g/mol. The zero-order chi connectivity index (χ0) is 18.0. The molecule has 0 bridgehead atoms. The highest BCUT2D eigenvalue weighted by molar-refractivity contribution is 5.88. The summed E-state index contributed by atoms with van der Waals surface area (Å²) in [4.78, 5) is 8.63. The summed E-state index contributed by atoms with van der Waals surface area (Å²) in [5.74, 6) is 2.66. The molecule has 1 aromatic heterocycles. The van der Waals surface area contributed by atoms with E-state index < -0.39 is 0 Å². The van der Waals surface area contributed by atoms with Crippen LogP contribution in [0, 0.1) is 0 Å². The Labute approximate surface area is 154 Å². The molecule has 0 saturated carbocycles. The van der Waals surface area contributed by atoms with Gasteiger partial charge in [-0.3, -0.25) is 0 Å². The second kappa shape index (κ2) is 9.61. The van der Waals surface area contributed by atoms with E-state index in [1.807, 2.05) is 48.5 Å². The van der Waals surface area contributed by atoms with Crippen molar-refractivity contribution in [2.75, 3.05) is 25.6 Å². The van der Waals surface area contributed by atoms with E-state index in [1.54, 1.807) is 13.4 Å². The summed E-state index contributed by atoms with van der Waals surface area (Å²) >= 11 is 0. The molecular formula is C21H25N3O2. The summed E-state index contributed by atoms with van der Waals surface area (Å²) in [7, 11) is 1.66. The highest BCUT2D eigenvalue weighted by Gasteiger charge is 2.01. The summed E-state index contributed by atoms with van der Waals surface area (Å²) in [5, 5.41) is 4.49. The lowest BCUT2D eigenvalue weighted by Crippen LogP contribution is -2.04. The van der Waals surface area contributed by atoms with Crippen LogP contribution in [0.25, 0.3) is 10.9 Å². The molecule has 3 rings (SSSR count). The van der Waals surface area contributed by atoms with Gasteiger partial charge in [0, 0.05) is 11.9 Å². The second-order valence-electron chi connectivity index (χ2n) is 6.10. The SMILES string of the molecule is COc1ccc(OCCCCCCNc2ncnc3ccccc23)cc1. The third kappa shape index (κ3) is 5.09. The van der Waals surface area contributed by atoms with Crippen molar-refractivity contribution in [3.63, 3.8) is 0 Å². The number of aromatic nitrogens is 2. The predicted molar refractivity (Wildman–Crippen MR) is 105 cm³/mol. The van der Waals surface area contributed by atoms with Crippen LogP contribution < -0.4 is 14.8 Å². The Morgan fingerprint density at radius 2 is 1.62 bits per heavy atom. The summed E-state index contributed by atoms with van der Waals surface area (Å²) in [5.41, 5.74) is 0.973. The summed E-state index contributed by atoms with van der Waals surface area (Å²) in [6, 6.07) is 15.8. The third-order valence-corrected chi connectivity index (χ3v) is 4.23. The van der Waals surface area contributed by atoms with Crippen molar-refractivity contribution >= 4 is 16.7 Å². The number of nitrogens with one attached hydrogen (secondary N) is 1. The van der Waals surface area contributed by atoms with Gasteiger partial charge in [0.05, 0.1) is 19.2 Å². The van der Waals surface area contributed by atoms with Crippen molar-refractivity contribution in [1.82, 2.24) is 9.97 Å². The van der Waals surface area contributed by atoms with E-state index in [0.717, 1.165) is 60.6 Å². The van der Waals surface area contributed by atoms with E-state index in [1.165, 1.54) is 6.42 Å². The van der Waals surface area contributed by atoms with E-state index in [4.69, 9.17) is 9.47 Å². The number of hydrogen-bond acceptors (Lipinski definition) is 5. The fourth-order valence-electron chi connectivity index (χ4n) is 2.80. The van der Waals surface area contributed by atoms with Gasteiger partial charge >= 0.3 is 0 Å². The Hall–Kier alpha value is -2.82. The van der Waals surface area contributed by atoms with Crippen LogP contribution in [-0.4, -0.2) is 30.2 Å². The van der Waals surface area contributed by atoms with Gasteiger partial charge in [0.15, 0.2) is 0 Å². The molecule has 5 nitrogen and oxygen atoms in total. The first-order valence-corrected chi connectivity index (χ1v) is 9.07. The molecule has 1 heterocycles. The topological polar surface area (TPSA) is 56.3 Å². The Morgan fingerprint density at radius 1 is 0.846 bits per heavy atom. The molecule has 0 aliphatic rings. The van der Waals surface area contributed by atoms with Crippen molar-refractivity contribution in [2.24, 2.45) is 0 Å². The quantitative estimate of drug-likeness (QED) is 0.537. The monoisotopic (exact) mass is 351 g/mol. The Kier molecular flexibility index (Phi) is 6.65. The largest absolute Gasteiger partial charge is 0.497 e. The van der Waals surface area contributed by atoms with Gasteiger partial charge in [-0.05, 0) is 49.2 Å². The molecule has 0 saturated heterocycles. The molecule has 0 aliphatic heterocycles. The first-order chi connectivity index (χ1) is 12.9. The van der Waals surface area contributed by atoms with Crippen LogP contribution >= 0.6 is 0 Å². The first kappa shape index (κ1) is 18.0. The van der Waals surface area contributed by atoms with Crippen LogP contribution in [0.1, 0.15) is 25.7 Å². The third-order valence-electron chi connectivity index (χ3n) is 4.23. The zero-order valence-corrected chi connectivity index (χ0v) is 15.1. The molecule has 0 atom stereocenters. The lowest BCUT2D eigenvalue weighted by atomic mass is 10.2. The number of benzene rings is 2. The van der Waals surface area contributed by atoms with Crippen LogP contribution in [0.4, 0.5) is 5.82 Å². The normalized spacial score (nSPS) is 10.7. The van der Waals surface area contributed by atoms with Crippen molar-refractivity contribution in [3.05, 3.63) is 54.9 Å². The van der Waals surface area contributed by atoms with Gasteiger partial charge in [0.2, 0.25) is 0 Å². The smallest absolute Gasteiger partial charge is 0.137 e. The minimum atomic E-state index is 0.746. The number of rotatable bonds is 10. The van der Waals surface area contributed by atoms with Crippen LogP contribution in [0.5, 0.6) is 11.5 Å². The zero-order valence-electron chi connectivity index (χ0n) is 15.1. The summed E-state index contributed by atoms with van der Waals surface area (Å²) in [6.45, 7) is 1.66. The van der Waals surface area contributed by atoms with E-state index in [2.05, 4.69) is 15.3 Å². The summed E-state index contributed by atoms with van der Waals surface area (Å²) in [6.07, 6.45) is 6.11.